The number of H-pyrrole nitrogens is 1. The van der Waals surface area contributed by atoms with E-state index < -0.39 is 0 Å². The van der Waals surface area contributed by atoms with E-state index in [-0.39, 0.29) is 11.9 Å². The highest BCUT2D eigenvalue weighted by Crippen LogP contribution is 2.24. The molecule has 0 unspecified atom stereocenters. The maximum atomic E-state index is 11.9. The van der Waals surface area contributed by atoms with Gasteiger partial charge < -0.3 is 10.2 Å². The third-order valence-electron chi connectivity index (χ3n) is 4.29. The Morgan fingerprint density at radius 3 is 3.00 bits per heavy atom. The molecule has 2 aromatic rings. The van der Waals surface area contributed by atoms with E-state index in [4.69, 9.17) is 0 Å². The molecule has 1 atom stereocenters. The molecular formula is C17H22N4O. The molecule has 1 saturated heterocycles. The topological polar surface area (TPSA) is 61.0 Å². The summed E-state index contributed by atoms with van der Waals surface area (Å²) in [5.74, 6) is 0.229. The second-order valence-electron chi connectivity index (χ2n) is 5.87. The normalized spacial score (nSPS) is 16.3. The lowest BCUT2D eigenvalue weighted by Crippen LogP contribution is -2.24. The number of aromatic nitrogens is 2. The summed E-state index contributed by atoms with van der Waals surface area (Å²) in [6.45, 7) is 5.77. The van der Waals surface area contributed by atoms with Crippen LogP contribution in [0.5, 0.6) is 0 Å². The fourth-order valence-electron chi connectivity index (χ4n) is 2.82. The number of aryl methyl sites for hydroxylation is 1. The van der Waals surface area contributed by atoms with Crippen LogP contribution in [-0.4, -0.2) is 22.6 Å². The lowest BCUT2D eigenvalue weighted by atomic mass is 10.1. The van der Waals surface area contributed by atoms with Crippen LogP contribution in [0.25, 0.3) is 0 Å². The smallest absolute Gasteiger partial charge is 0.227 e. The van der Waals surface area contributed by atoms with Gasteiger partial charge in [0.25, 0.3) is 0 Å². The molecule has 116 valence electrons. The molecule has 0 spiro atoms. The summed E-state index contributed by atoms with van der Waals surface area (Å²) in [4.78, 5) is 13.8. The minimum absolute atomic E-state index is 0.215. The predicted molar refractivity (Wildman–Crippen MR) is 86.6 cm³/mol. The van der Waals surface area contributed by atoms with Gasteiger partial charge in [-0.1, -0.05) is 12.1 Å². The van der Waals surface area contributed by atoms with Gasteiger partial charge in [0.2, 0.25) is 5.91 Å². The predicted octanol–water partition coefficient (Wildman–Crippen LogP) is 2.70. The Labute approximate surface area is 130 Å². The summed E-state index contributed by atoms with van der Waals surface area (Å²) < 4.78 is 0. The summed E-state index contributed by atoms with van der Waals surface area (Å²) in [6.07, 6.45) is 3.48. The number of hydrogen-bond donors (Lipinski definition) is 2. The number of amides is 1. The Hall–Kier alpha value is -2.14. The van der Waals surface area contributed by atoms with Crippen LogP contribution in [0.3, 0.4) is 0 Å². The number of rotatable bonds is 5. The second kappa shape index (κ2) is 6.32. The average Bonchev–Trinajstić information content (AvgIpc) is 3.13. The van der Waals surface area contributed by atoms with Gasteiger partial charge in [0.1, 0.15) is 0 Å². The number of nitrogens with zero attached hydrogens (tertiary/aromatic N) is 2. The van der Waals surface area contributed by atoms with Crippen LogP contribution in [0.2, 0.25) is 0 Å². The molecule has 0 radical (unpaired) electrons. The third-order valence-corrected chi connectivity index (χ3v) is 4.29. The van der Waals surface area contributed by atoms with E-state index in [0.29, 0.717) is 6.42 Å². The van der Waals surface area contributed by atoms with Crippen LogP contribution in [-0.2, 0) is 11.3 Å². The van der Waals surface area contributed by atoms with Gasteiger partial charge in [-0.3, -0.25) is 9.89 Å². The van der Waals surface area contributed by atoms with Gasteiger partial charge in [-0.15, -0.1) is 0 Å². The SMILES string of the molecule is Cc1[nH]ncc1CN[C@H](C)c1cccc(N2CCCC2=O)c1. The van der Waals surface area contributed by atoms with E-state index in [9.17, 15) is 4.79 Å². The highest BCUT2D eigenvalue weighted by atomic mass is 16.2. The lowest BCUT2D eigenvalue weighted by Gasteiger charge is -2.19. The van der Waals surface area contributed by atoms with Crippen LogP contribution >= 0.6 is 0 Å². The van der Waals surface area contributed by atoms with Crippen LogP contribution in [0.1, 0.15) is 42.6 Å². The number of carbonyl (C=O) groups is 1. The summed E-state index contributed by atoms with van der Waals surface area (Å²) in [6, 6.07) is 8.47. The van der Waals surface area contributed by atoms with Gasteiger partial charge in [-0.2, -0.15) is 5.10 Å². The van der Waals surface area contributed by atoms with Gasteiger partial charge in [-0.25, -0.2) is 0 Å². The summed E-state index contributed by atoms with van der Waals surface area (Å²) >= 11 is 0. The first-order valence-electron chi connectivity index (χ1n) is 7.77. The molecule has 3 rings (SSSR count). The van der Waals surface area contributed by atoms with Crippen molar-refractivity contribution in [3.05, 3.63) is 47.3 Å². The van der Waals surface area contributed by atoms with Crippen molar-refractivity contribution in [1.29, 1.82) is 0 Å². The van der Waals surface area contributed by atoms with Crippen LogP contribution < -0.4 is 10.2 Å². The highest BCUT2D eigenvalue weighted by molar-refractivity contribution is 5.95. The van der Waals surface area contributed by atoms with Gasteiger partial charge in [-0.05, 0) is 38.0 Å². The molecule has 1 aliphatic heterocycles. The van der Waals surface area contributed by atoms with Crippen LogP contribution in [0.15, 0.2) is 30.5 Å². The van der Waals surface area contributed by atoms with E-state index >= 15 is 0 Å². The van der Waals surface area contributed by atoms with E-state index in [2.05, 4.69) is 34.6 Å². The zero-order chi connectivity index (χ0) is 15.5. The van der Waals surface area contributed by atoms with Crippen molar-refractivity contribution < 1.29 is 4.79 Å². The molecule has 0 saturated carbocycles. The molecule has 2 N–H and O–H groups in total. The van der Waals surface area contributed by atoms with E-state index in [1.54, 1.807) is 0 Å². The van der Waals surface area contributed by atoms with Crippen molar-refractivity contribution in [3.63, 3.8) is 0 Å². The molecule has 1 aliphatic rings. The van der Waals surface area contributed by atoms with Crippen LogP contribution in [0, 0.1) is 6.92 Å². The first-order valence-corrected chi connectivity index (χ1v) is 7.77. The van der Waals surface area contributed by atoms with E-state index in [1.165, 1.54) is 11.1 Å². The first-order chi connectivity index (χ1) is 10.6. The minimum Gasteiger partial charge on any atom is -0.312 e. The molecule has 0 bridgehead atoms. The molecule has 1 amide bonds. The number of benzene rings is 1. The number of hydrogen-bond acceptors (Lipinski definition) is 3. The fraction of sp³-hybridized carbons (Fsp3) is 0.412. The van der Waals surface area contributed by atoms with Gasteiger partial charge in [0.15, 0.2) is 0 Å². The maximum Gasteiger partial charge on any atom is 0.227 e. The Kier molecular flexibility index (Phi) is 4.24. The Morgan fingerprint density at radius 1 is 1.45 bits per heavy atom. The summed E-state index contributed by atoms with van der Waals surface area (Å²) in [5.41, 5.74) is 4.47. The van der Waals surface area contributed by atoms with Crippen LogP contribution in [0.4, 0.5) is 5.69 Å². The van der Waals surface area contributed by atoms with Crippen molar-refractivity contribution in [1.82, 2.24) is 15.5 Å². The van der Waals surface area contributed by atoms with Gasteiger partial charge in [0, 0.05) is 42.5 Å². The molecular weight excluding hydrogens is 276 g/mol. The Morgan fingerprint density at radius 2 is 2.32 bits per heavy atom. The van der Waals surface area contributed by atoms with Gasteiger partial charge in [0.05, 0.1) is 6.20 Å². The number of nitrogens with one attached hydrogen (secondary N) is 2. The van der Waals surface area contributed by atoms with E-state index in [0.717, 1.165) is 30.9 Å². The molecule has 5 heteroatoms. The third kappa shape index (κ3) is 3.04. The summed E-state index contributed by atoms with van der Waals surface area (Å²) in [7, 11) is 0. The van der Waals surface area contributed by atoms with Gasteiger partial charge >= 0.3 is 0 Å². The van der Waals surface area contributed by atoms with E-state index in [1.807, 2.05) is 30.2 Å². The fourth-order valence-corrected chi connectivity index (χ4v) is 2.82. The molecule has 22 heavy (non-hydrogen) atoms. The molecule has 0 aliphatic carbocycles. The zero-order valence-electron chi connectivity index (χ0n) is 13.1. The van der Waals surface area contributed by atoms with Crippen molar-refractivity contribution in [2.24, 2.45) is 0 Å². The minimum atomic E-state index is 0.215. The monoisotopic (exact) mass is 298 g/mol. The second-order valence-corrected chi connectivity index (χ2v) is 5.87. The molecule has 2 heterocycles. The highest BCUT2D eigenvalue weighted by Gasteiger charge is 2.22. The largest absolute Gasteiger partial charge is 0.312 e. The molecule has 5 nitrogen and oxygen atoms in total. The Bertz CT molecular complexity index is 664. The average molecular weight is 298 g/mol. The zero-order valence-corrected chi connectivity index (χ0v) is 13.1. The lowest BCUT2D eigenvalue weighted by molar-refractivity contribution is -0.117. The number of carbonyl (C=O) groups excluding carboxylic acids is 1. The first kappa shape index (κ1) is 14.8. The standard InChI is InChI=1S/C17H22N4O/c1-12(18-10-15-11-19-20-13(15)2)14-5-3-6-16(9-14)21-8-4-7-17(21)22/h3,5-6,9,11-12,18H,4,7-8,10H2,1-2H3,(H,19,20)/t12-/m1/s1. The van der Waals surface area contributed by atoms with Crippen molar-refractivity contribution in [2.75, 3.05) is 11.4 Å². The summed E-state index contributed by atoms with van der Waals surface area (Å²) in [5, 5.41) is 10.5. The number of anilines is 1. The Balaban J connectivity index is 1.68. The maximum absolute atomic E-state index is 11.9. The van der Waals surface area contributed by atoms with Crippen molar-refractivity contribution in [3.8, 4) is 0 Å². The molecule has 1 aromatic heterocycles. The number of aromatic amines is 1. The molecule has 1 aromatic carbocycles. The van der Waals surface area contributed by atoms with Crippen molar-refractivity contribution in [2.45, 2.75) is 39.3 Å². The van der Waals surface area contributed by atoms with Crippen molar-refractivity contribution >= 4 is 11.6 Å². The quantitative estimate of drug-likeness (QED) is 0.892. The molecule has 1 fully saturated rings.